The number of carboxylic acids is 1. The normalized spacial score (nSPS) is 17.5. The molecule has 3 heteroatoms. The predicted molar refractivity (Wildman–Crippen MR) is 114 cm³/mol. The summed E-state index contributed by atoms with van der Waals surface area (Å²) in [5.41, 5.74) is 5.02. The average molecular weight is 376 g/mol. The molecular formula is C25H29NO2. The van der Waals surface area contributed by atoms with Gasteiger partial charge in [0, 0.05) is 17.2 Å². The van der Waals surface area contributed by atoms with Crippen LogP contribution in [0.1, 0.15) is 79.2 Å². The van der Waals surface area contributed by atoms with Crippen LogP contribution >= 0.6 is 0 Å². The first-order valence-electron chi connectivity index (χ1n) is 9.99. The smallest absolute Gasteiger partial charge is 0.335 e. The Morgan fingerprint density at radius 1 is 1.14 bits per heavy atom. The molecule has 0 radical (unpaired) electrons. The predicted octanol–water partition coefficient (Wildman–Crippen LogP) is 5.14. The van der Waals surface area contributed by atoms with E-state index >= 15 is 0 Å². The summed E-state index contributed by atoms with van der Waals surface area (Å²) in [6, 6.07) is 13.7. The summed E-state index contributed by atoms with van der Waals surface area (Å²) in [6.07, 6.45) is 2.32. The van der Waals surface area contributed by atoms with Crippen molar-refractivity contribution in [3.05, 3.63) is 70.3 Å². The van der Waals surface area contributed by atoms with Crippen molar-refractivity contribution in [2.45, 2.75) is 52.0 Å². The lowest BCUT2D eigenvalue weighted by molar-refractivity contribution is 0.0697. The fourth-order valence-electron chi connectivity index (χ4n) is 3.75. The number of hydrogen-bond donors (Lipinski definition) is 2. The summed E-state index contributed by atoms with van der Waals surface area (Å²) in [4.78, 5) is 11.0. The molecule has 3 nitrogen and oxygen atoms in total. The zero-order valence-corrected chi connectivity index (χ0v) is 17.2. The number of hydrogen-bond acceptors (Lipinski definition) is 2. The Morgan fingerprint density at radius 2 is 1.79 bits per heavy atom. The average Bonchev–Trinajstić information content (AvgIpc) is 2.66. The molecule has 2 aromatic rings. The van der Waals surface area contributed by atoms with Crippen LogP contribution in [-0.4, -0.2) is 17.6 Å². The minimum absolute atomic E-state index is 0.145. The van der Waals surface area contributed by atoms with Crippen molar-refractivity contribution in [3.8, 4) is 11.8 Å². The number of nitrogens with one attached hydrogen (secondary N) is 1. The number of rotatable bonds is 4. The monoisotopic (exact) mass is 375 g/mol. The third kappa shape index (κ3) is 4.64. The molecule has 2 N–H and O–H groups in total. The van der Waals surface area contributed by atoms with Gasteiger partial charge in [0.2, 0.25) is 0 Å². The fourth-order valence-corrected chi connectivity index (χ4v) is 3.75. The lowest BCUT2D eigenvalue weighted by Crippen LogP contribution is -2.34. The maximum Gasteiger partial charge on any atom is 0.335 e. The van der Waals surface area contributed by atoms with Crippen molar-refractivity contribution in [1.82, 2.24) is 5.32 Å². The zero-order valence-electron chi connectivity index (χ0n) is 17.2. The third-order valence-electron chi connectivity index (χ3n) is 5.47. The van der Waals surface area contributed by atoms with E-state index in [-0.39, 0.29) is 11.0 Å². The molecule has 1 aliphatic carbocycles. The van der Waals surface area contributed by atoms with Gasteiger partial charge >= 0.3 is 5.97 Å². The highest BCUT2D eigenvalue weighted by molar-refractivity contribution is 5.87. The maximum absolute atomic E-state index is 11.0. The SMILES string of the molecule is CC(C)CNC1CCC(C)(C)c2cc(C#Cc3ccc(C(=O)O)cc3)ccc21. The number of fused-ring (bicyclic) bond motifs is 1. The summed E-state index contributed by atoms with van der Waals surface area (Å²) >= 11 is 0. The van der Waals surface area contributed by atoms with Gasteiger partial charge in [0.15, 0.2) is 0 Å². The van der Waals surface area contributed by atoms with Crippen molar-refractivity contribution in [2.24, 2.45) is 5.92 Å². The Bertz CT molecular complexity index is 914. The molecule has 0 bridgehead atoms. The quantitative estimate of drug-likeness (QED) is 0.727. The van der Waals surface area contributed by atoms with Crippen LogP contribution in [0.15, 0.2) is 42.5 Å². The highest BCUT2D eigenvalue weighted by atomic mass is 16.4. The topological polar surface area (TPSA) is 49.3 Å². The maximum atomic E-state index is 11.0. The summed E-state index contributed by atoms with van der Waals surface area (Å²) in [5.74, 6) is 6.11. The molecule has 0 fully saturated rings. The van der Waals surface area contributed by atoms with E-state index in [2.05, 4.69) is 63.1 Å². The molecule has 0 aliphatic heterocycles. The second-order valence-corrected chi connectivity index (χ2v) is 8.71. The standard InChI is InChI=1S/C25H29NO2/c1-17(2)16-26-23-13-14-25(3,4)22-15-19(9-12-21(22)23)6-5-18-7-10-20(11-8-18)24(27)28/h7-12,15,17,23,26H,13-14,16H2,1-4H3,(H,27,28). The Labute approximate surface area is 168 Å². The van der Waals surface area contributed by atoms with Gasteiger partial charge in [-0.2, -0.15) is 0 Å². The highest BCUT2D eigenvalue weighted by Gasteiger charge is 2.32. The number of benzene rings is 2. The molecule has 0 saturated carbocycles. The molecule has 146 valence electrons. The molecule has 1 unspecified atom stereocenters. The first-order valence-corrected chi connectivity index (χ1v) is 9.99. The number of carboxylic acid groups (broad SMARTS) is 1. The molecule has 1 atom stereocenters. The Kier molecular flexibility index (Phi) is 5.91. The van der Waals surface area contributed by atoms with Gasteiger partial charge in [0.25, 0.3) is 0 Å². The molecule has 0 heterocycles. The highest BCUT2D eigenvalue weighted by Crippen LogP contribution is 2.41. The number of carbonyl (C=O) groups is 1. The van der Waals surface area contributed by atoms with Crippen LogP contribution in [0.25, 0.3) is 0 Å². The Morgan fingerprint density at radius 3 is 2.43 bits per heavy atom. The van der Waals surface area contributed by atoms with E-state index in [0.717, 1.165) is 30.5 Å². The van der Waals surface area contributed by atoms with Crippen LogP contribution < -0.4 is 5.32 Å². The molecule has 0 saturated heterocycles. The van der Waals surface area contributed by atoms with E-state index in [1.54, 1.807) is 24.3 Å². The van der Waals surface area contributed by atoms with E-state index < -0.39 is 5.97 Å². The Hall–Kier alpha value is -2.57. The second-order valence-electron chi connectivity index (χ2n) is 8.71. The zero-order chi connectivity index (χ0) is 20.3. The molecule has 1 aliphatic rings. The van der Waals surface area contributed by atoms with Gasteiger partial charge in [-0.15, -0.1) is 0 Å². The van der Waals surface area contributed by atoms with Crippen LogP contribution in [0.2, 0.25) is 0 Å². The van der Waals surface area contributed by atoms with E-state index in [1.807, 2.05) is 0 Å². The van der Waals surface area contributed by atoms with Crippen molar-refractivity contribution >= 4 is 5.97 Å². The minimum Gasteiger partial charge on any atom is -0.478 e. The van der Waals surface area contributed by atoms with Crippen LogP contribution in [0.4, 0.5) is 0 Å². The van der Waals surface area contributed by atoms with Crippen molar-refractivity contribution < 1.29 is 9.90 Å². The molecular weight excluding hydrogens is 346 g/mol. The summed E-state index contributed by atoms with van der Waals surface area (Å²) in [7, 11) is 0. The number of aromatic carboxylic acids is 1. The molecule has 0 spiro atoms. The first-order chi connectivity index (χ1) is 13.3. The molecule has 0 aromatic heterocycles. The molecule has 0 amide bonds. The van der Waals surface area contributed by atoms with Gasteiger partial charge in [-0.25, -0.2) is 4.79 Å². The van der Waals surface area contributed by atoms with E-state index in [1.165, 1.54) is 11.1 Å². The third-order valence-corrected chi connectivity index (χ3v) is 5.47. The Balaban J connectivity index is 1.86. The van der Waals surface area contributed by atoms with Crippen LogP contribution in [0.5, 0.6) is 0 Å². The summed E-state index contributed by atoms with van der Waals surface area (Å²) in [5, 5.41) is 12.7. The van der Waals surface area contributed by atoms with E-state index in [9.17, 15) is 4.79 Å². The van der Waals surface area contributed by atoms with Crippen LogP contribution in [0, 0.1) is 17.8 Å². The lowest BCUT2D eigenvalue weighted by atomic mass is 9.70. The van der Waals surface area contributed by atoms with Crippen molar-refractivity contribution in [2.75, 3.05) is 6.54 Å². The largest absolute Gasteiger partial charge is 0.478 e. The second kappa shape index (κ2) is 8.20. The van der Waals surface area contributed by atoms with Gasteiger partial charge < -0.3 is 10.4 Å². The summed E-state index contributed by atoms with van der Waals surface area (Å²) < 4.78 is 0. The van der Waals surface area contributed by atoms with E-state index in [0.29, 0.717) is 12.0 Å². The van der Waals surface area contributed by atoms with Gasteiger partial charge in [0.05, 0.1) is 5.56 Å². The minimum atomic E-state index is -0.919. The van der Waals surface area contributed by atoms with Crippen LogP contribution in [0.3, 0.4) is 0 Å². The fraction of sp³-hybridized carbons (Fsp3) is 0.400. The van der Waals surface area contributed by atoms with E-state index in [4.69, 9.17) is 5.11 Å². The summed E-state index contributed by atoms with van der Waals surface area (Å²) in [6.45, 7) is 10.1. The molecule has 2 aromatic carbocycles. The molecule has 3 rings (SSSR count). The van der Waals surface area contributed by atoms with Gasteiger partial charge in [-0.1, -0.05) is 45.6 Å². The van der Waals surface area contributed by atoms with Crippen molar-refractivity contribution in [3.63, 3.8) is 0 Å². The van der Waals surface area contributed by atoms with Gasteiger partial charge in [0.1, 0.15) is 0 Å². The van der Waals surface area contributed by atoms with Crippen LogP contribution in [-0.2, 0) is 5.41 Å². The lowest BCUT2D eigenvalue weighted by Gasteiger charge is -2.38. The van der Waals surface area contributed by atoms with Gasteiger partial charge in [-0.05, 0) is 78.2 Å². The van der Waals surface area contributed by atoms with Gasteiger partial charge in [-0.3, -0.25) is 0 Å². The first kappa shape index (κ1) is 20.2. The van der Waals surface area contributed by atoms with Crippen molar-refractivity contribution in [1.29, 1.82) is 0 Å². The molecule has 28 heavy (non-hydrogen) atoms.